The van der Waals surface area contributed by atoms with Crippen LogP contribution in [0.3, 0.4) is 0 Å². The van der Waals surface area contributed by atoms with Gasteiger partial charge in [0.25, 0.3) is 0 Å². The van der Waals surface area contributed by atoms with Gasteiger partial charge in [0.05, 0.1) is 13.2 Å². The Labute approximate surface area is 147 Å². The third-order valence-corrected chi connectivity index (χ3v) is 4.70. The Kier molecular flexibility index (Phi) is 4.93. The minimum Gasteiger partial charge on any atom is -0.497 e. The first-order valence-corrected chi connectivity index (χ1v) is 8.57. The van der Waals surface area contributed by atoms with Crippen molar-refractivity contribution in [3.05, 3.63) is 59.9 Å². The number of likely N-dealkylation sites (N-methyl/N-ethyl adjacent to an activating group) is 1. The molecule has 1 saturated heterocycles. The van der Waals surface area contributed by atoms with Gasteiger partial charge < -0.3 is 14.5 Å². The van der Waals surface area contributed by atoms with Gasteiger partial charge in [0.1, 0.15) is 17.6 Å². The molecular formula is C20H23FN2O2. The molecule has 0 saturated carbocycles. The van der Waals surface area contributed by atoms with Crippen molar-refractivity contribution in [1.82, 2.24) is 4.90 Å². The highest BCUT2D eigenvalue weighted by atomic mass is 19.1. The highest BCUT2D eigenvalue weighted by molar-refractivity contribution is 5.93. The molecule has 3 rings (SSSR count). The Morgan fingerprint density at radius 3 is 2.40 bits per heavy atom. The van der Waals surface area contributed by atoms with E-state index in [0.717, 1.165) is 17.0 Å². The molecule has 2 aromatic carbocycles. The molecule has 0 bridgehead atoms. The number of halogens is 1. The van der Waals surface area contributed by atoms with E-state index in [4.69, 9.17) is 4.74 Å². The van der Waals surface area contributed by atoms with Crippen LogP contribution < -0.4 is 9.64 Å². The number of nitrogens with zero attached hydrogens (tertiary/aromatic N) is 2. The van der Waals surface area contributed by atoms with Crippen molar-refractivity contribution in [2.45, 2.75) is 25.9 Å². The maximum atomic E-state index is 13.7. The van der Waals surface area contributed by atoms with E-state index in [9.17, 15) is 9.18 Å². The van der Waals surface area contributed by atoms with Crippen molar-refractivity contribution in [2.75, 3.05) is 25.1 Å². The molecule has 2 aromatic rings. The van der Waals surface area contributed by atoms with Crippen LogP contribution >= 0.6 is 0 Å². The zero-order valence-corrected chi connectivity index (χ0v) is 14.8. The molecule has 132 valence electrons. The SMILES string of the molecule is CCN(CC)C(=O)[C@H]1[C@H](c2cccc(F)c2)N1c1ccc(OC)cc1. The van der Waals surface area contributed by atoms with Gasteiger partial charge in [-0.3, -0.25) is 4.79 Å². The average molecular weight is 342 g/mol. The number of methoxy groups -OCH3 is 1. The molecule has 0 unspecified atom stereocenters. The van der Waals surface area contributed by atoms with Gasteiger partial charge in [-0.15, -0.1) is 0 Å². The Morgan fingerprint density at radius 1 is 1.16 bits per heavy atom. The van der Waals surface area contributed by atoms with Gasteiger partial charge in [-0.2, -0.15) is 0 Å². The van der Waals surface area contributed by atoms with E-state index in [1.807, 2.05) is 54.0 Å². The monoisotopic (exact) mass is 342 g/mol. The molecule has 0 radical (unpaired) electrons. The lowest BCUT2D eigenvalue weighted by molar-refractivity contribution is -0.130. The van der Waals surface area contributed by atoms with Crippen LogP contribution in [0.1, 0.15) is 25.5 Å². The molecule has 0 spiro atoms. The van der Waals surface area contributed by atoms with Crippen LogP contribution in [0, 0.1) is 5.82 Å². The van der Waals surface area contributed by atoms with Crippen molar-refractivity contribution in [2.24, 2.45) is 0 Å². The highest BCUT2D eigenvalue weighted by Crippen LogP contribution is 2.48. The summed E-state index contributed by atoms with van der Waals surface area (Å²) in [7, 11) is 1.62. The van der Waals surface area contributed by atoms with Crippen molar-refractivity contribution in [1.29, 1.82) is 0 Å². The van der Waals surface area contributed by atoms with Crippen LogP contribution in [0.15, 0.2) is 48.5 Å². The lowest BCUT2D eigenvalue weighted by Crippen LogP contribution is -2.35. The third-order valence-electron chi connectivity index (χ3n) is 4.70. The van der Waals surface area contributed by atoms with E-state index in [-0.39, 0.29) is 23.8 Å². The summed E-state index contributed by atoms with van der Waals surface area (Å²) in [5.74, 6) is 0.558. The fraction of sp³-hybridized carbons (Fsp3) is 0.350. The summed E-state index contributed by atoms with van der Waals surface area (Å²) in [6.07, 6.45) is 0. The van der Waals surface area contributed by atoms with Crippen molar-refractivity contribution >= 4 is 11.6 Å². The van der Waals surface area contributed by atoms with Crippen molar-refractivity contribution < 1.29 is 13.9 Å². The van der Waals surface area contributed by atoms with E-state index in [0.29, 0.717) is 13.1 Å². The molecule has 5 heteroatoms. The topological polar surface area (TPSA) is 32.5 Å². The molecule has 25 heavy (non-hydrogen) atoms. The molecule has 1 aliphatic rings. The van der Waals surface area contributed by atoms with Crippen LogP contribution in [0.25, 0.3) is 0 Å². The summed E-state index contributed by atoms with van der Waals surface area (Å²) in [5, 5.41) is 0. The van der Waals surface area contributed by atoms with E-state index >= 15 is 0 Å². The Hall–Kier alpha value is -2.56. The summed E-state index contributed by atoms with van der Waals surface area (Å²) in [6.45, 7) is 5.27. The molecule has 0 N–H and O–H groups in total. The summed E-state index contributed by atoms with van der Waals surface area (Å²) < 4.78 is 18.9. The first-order chi connectivity index (χ1) is 12.1. The van der Waals surface area contributed by atoms with E-state index < -0.39 is 0 Å². The average Bonchev–Trinajstić information content (AvgIpc) is 3.38. The fourth-order valence-electron chi connectivity index (χ4n) is 3.32. The van der Waals surface area contributed by atoms with Gasteiger partial charge in [0.2, 0.25) is 5.91 Å². The number of carbonyl (C=O) groups is 1. The zero-order chi connectivity index (χ0) is 18.0. The quantitative estimate of drug-likeness (QED) is 0.752. The van der Waals surface area contributed by atoms with Gasteiger partial charge in [-0.25, -0.2) is 4.39 Å². The molecular weight excluding hydrogens is 319 g/mol. The van der Waals surface area contributed by atoms with Crippen LogP contribution in [0.5, 0.6) is 5.75 Å². The second kappa shape index (κ2) is 7.13. The minimum atomic E-state index is -0.296. The molecule has 1 aliphatic heterocycles. The van der Waals surface area contributed by atoms with Gasteiger partial charge in [0.15, 0.2) is 0 Å². The maximum absolute atomic E-state index is 13.7. The Balaban J connectivity index is 1.93. The number of benzene rings is 2. The number of carbonyl (C=O) groups excluding carboxylic acids is 1. The fourth-order valence-corrected chi connectivity index (χ4v) is 3.32. The van der Waals surface area contributed by atoms with Crippen LogP contribution in [0.4, 0.5) is 10.1 Å². The van der Waals surface area contributed by atoms with Crippen LogP contribution in [-0.2, 0) is 4.79 Å². The predicted molar refractivity (Wildman–Crippen MR) is 96.3 cm³/mol. The number of hydrogen-bond donors (Lipinski definition) is 0. The normalized spacial score (nSPS) is 18.8. The predicted octanol–water partition coefficient (Wildman–Crippen LogP) is 3.63. The van der Waals surface area contributed by atoms with Gasteiger partial charge in [-0.05, 0) is 55.8 Å². The third kappa shape index (κ3) is 3.31. The van der Waals surface area contributed by atoms with Gasteiger partial charge in [0, 0.05) is 18.8 Å². The molecule has 0 aromatic heterocycles. The number of hydrogen-bond acceptors (Lipinski definition) is 3. The van der Waals surface area contributed by atoms with E-state index in [1.54, 1.807) is 13.2 Å². The second-order valence-electron chi connectivity index (χ2n) is 6.06. The van der Waals surface area contributed by atoms with Gasteiger partial charge >= 0.3 is 0 Å². The number of rotatable bonds is 6. The van der Waals surface area contributed by atoms with Crippen molar-refractivity contribution in [3.8, 4) is 5.75 Å². The zero-order valence-electron chi connectivity index (χ0n) is 14.8. The summed E-state index contributed by atoms with van der Waals surface area (Å²) in [6, 6.07) is 13.7. The lowest BCUT2D eigenvalue weighted by atomic mass is 10.1. The van der Waals surface area contributed by atoms with E-state index in [1.165, 1.54) is 12.1 Å². The summed E-state index contributed by atoms with van der Waals surface area (Å²) >= 11 is 0. The maximum Gasteiger partial charge on any atom is 0.247 e. The first kappa shape index (κ1) is 17.3. The largest absolute Gasteiger partial charge is 0.497 e. The molecule has 2 atom stereocenters. The highest BCUT2D eigenvalue weighted by Gasteiger charge is 2.54. The lowest BCUT2D eigenvalue weighted by Gasteiger charge is -2.18. The first-order valence-electron chi connectivity index (χ1n) is 8.57. The smallest absolute Gasteiger partial charge is 0.247 e. The summed E-state index contributed by atoms with van der Waals surface area (Å²) in [4.78, 5) is 16.8. The molecule has 1 amide bonds. The van der Waals surface area contributed by atoms with Crippen LogP contribution in [-0.4, -0.2) is 37.0 Å². The molecule has 4 nitrogen and oxygen atoms in total. The number of amides is 1. The van der Waals surface area contributed by atoms with Crippen LogP contribution in [0.2, 0.25) is 0 Å². The summed E-state index contributed by atoms with van der Waals surface area (Å²) in [5.41, 5.74) is 1.75. The Bertz CT molecular complexity index is 744. The molecule has 1 heterocycles. The van der Waals surface area contributed by atoms with Crippen molar-refractivity contribution in [3.63, 3.8) is 0 Å². The standard InChI is InChI=1S/C20H23FN2O2/c1-4-22(5-2)20(24)19-18(14-7-6-8-15(21)13-14)23(19)16-9-11-17(25-3)12-10-16/h6-13,18-19H,4-5H2,1-3H3/t18-,19+,23?/m0/s1. The second-order valence-corrected chi connectivity index (χ2v) is 6.06. The van der Waals surface area contributed by atoms with Gasteiger partial charge in [-0.1, -0.05) is 12.1 Å². The minimum absolute atomic E-state index is 0.0788. The number of ether oxygens (including phenoxy) is 1. The number of anilines is 1. The molecule has 1 fully saturated rings. The van der Waals surface area contributed by atoms with E-state index in [2.05, 4.69) is 0 Å². The Morgan fingerprint density at radius 2 is 1.84 bits per heavy atom. The molecule has 0 aliphatic carbocycles.